The molecule has 2 aromatic rings. The van der Waals surface area contributed by atoms with Gasteiger partial charge in [-0.2, -0.15) is 0 Å². The molecule has 0 radical (unpaired) electrons. The van der Waals surface area contributed by atoms with Crippen LogP contribution in [0.15, 0.2) is 49.1 Å². The molecule has 4 nitrogen and oxygen atoms in total. The highest BCUT2D eigenvalue weighted by Gasteiger charge is 2.02. The molecule has 1 aromatic heterocycles. The molecule has 1 aromatic carbocycles. The summed E-state index contributed by atoms with van der Waals surface area (Å²) in [7, 11) is 0. The van der Waals surface area contributed by atoms with Crippen molar-refractivity contribution in [3.8, 4) is 0 Å². The van der Waals surface area contributed by atoms with Crippen molar-refractivity contribution in [3.63, 3.8) is 0 Å². The summed E-state index contributed by atoms with van der Waals surface area (Å²) in [6, 6.07) is 10.0. The van der Waals surface area contributed by atoms with Crippen LogP contribution < -0.4 is 0 Å². The summed E-state index contributed by atoms with van der Waals surface area (Å²) in [6.45, 7) is 2.32. The number of carbonyl (C=O) groups is 1. The Kier molecular flexibility index (Phi) is 4.53. The minimum atomic E-state index is 0.675. The molecule has 0 aliphatic carbocycles. The average molecular weight is 243 g/mol. The van der Waals surface area contributed by atoms with Gasteiger partial charge in [-0.1, -0.05) is 30.3 Å². The number of rotatable bonds is 7. The molecule has 1 amide bonds. The summed E-state index contributed by atoms with van der Waals surface area (Å²) >= 11 is 0. The van der Waals surface area contributed by atoms with Gasteiger partial charge in [0.15, 0.2) is 0 Å². The van der Waals surface area contributed by atoms with Crippen molar-refractivity contribution in [1.29, 1.82) is 0 Å². The van der Waals surface area contributed by atoms with E-state index in [-0.39, 0.29) is 0 Å². The Balaban J connectivity index is 1.77. The Morgan fingerprint density at radius 3 is 2.78 bits per heavy atom. The van der Waals surface area contributed by atoms with Crippen LogP contribution >= 0.6 is 0 Å². The number of benzene rings is 1. The lowest BCUT2D eigenvalue weighted by molar-refractivity contribution is -0.118. The predicted molar refractivity (Wildman–Crippen MR) is 69.8 cm³/mol. The monoisotopic (exact) mass is 243 g/mol. The van der Waals surface area contributed by atoms with Gasteiger partial charge in [0.1, 0.15) is 0 Å². The number of imidazole rings is 1. The number of aromatic nitrogens is 2. The Morgan fingerprint density at radius 2 is 2.11 bits per heavy atom. The molecule has 0 atom stereocenters. The van der Waals surface area contributed by atoms with Crippen molar-refractivity contribution in [1.82, 2.24) is 14.5 Å². The quantitative estimate of drug-likeness (QED) is 0.697. The van der Waals surface area contributed by atoms with E-state index in [9.17, 15) is 4.79 Å². The first-order chi connectivity index (χ1) is 8.88. The summed E-state index contributed by atoms with van der Waals surface area (Å²) in [5.41, 5.74) is 1.16. The maximum atomic E-state index is 11.0. The lowest BCUT2D eigenvalue weighted by atomic mass is 10.2. The van der Waals surface area contributed by atoms with Gasteiger partial charge in [-0.05, 0) is 12.0 Å². The molecule has 2 rings (SSSR count). The first-order valence-corrected chi connectivity index (χ1v) is 6.07. The van der Waals surface area contributed by atoms with Crippen molar-refractivity contribution in [2.75, 3.05) is 6.54 Å². The molecule has 18 heavy (non-hydrogen) atoms. The second kappa shape index (κ2) is 6.59. The van der Waals surface area contributed by atoms with E-state index in [1.807, 2.05) is 41.1 Å². The van der Waals surface area contributed by atoms with Gasteiger partial charge in [0.25, 0.3) is 0 Å². The van der Waals surface area contributed by atoms with Crippen molar-refractivity contribution < 1.29 is 4.79 Å². The van der Waals surface area contributed by atoms with Crippen LogP contribution in [0.4, 0.5) is 0 Å². The van der Waals surface area contributed by atoms with Crippen LogP contribution in [0.25, 0.3) is 0 Å². The summed E-state index contributed by atoms with van der Waals surface area (Å²) in [5.74, 6) is 0. The summed E-state index contributed by atoms with van der Waals surface area (Å²) < 4.78 is 2.02. The molecule has 0 fully saturated rings. The van der Waals surface area contributed by atoms with E-state index in [4.69, 9.17) is 0 Å². The predicted octanol–water partition coefficient (Wildman–Crippen LogP) is 1.93. The fraction of sp³-hybridized carbons (Fsp3) is 0.286. The molecular formula is C14H17N3O. The molecular weight excluding hydrogens is 226 g/mol. The van der Waals surface area contributed by atoms with Crippen molar-refractivity contribution >= 4 is 6.41 Å². The van der Waals surface area contributed by atoms with Gasteiger partial charge in [0.05, 0.1) is 6.33 Å². The van der Waals surface area contributed by atoms with E-state index in [0.29, 0.717) is 6.54 Å². The molecule has 0 N–H and O–H groups in total. The second-order valence-corrected chi connectivity index (χ2v) is 4.22. The third-order valence-corrected chi connectivity index (χ3v) is 2.80. The highest BCUT2D eigenvalue weighted by atomic mass is 16.1. The van der Waals surface area contributed by atoms with E-state index in [2.05, 4.69) is 4.98 Å². The standard InChI is InChI=1S/C14H17N3O/c18-13-17(11-14-5-2-1-3-6-14)9-4-8-16-10-7-15-12-16/h1-3,5-7,10,12-13H,4,8-9,11H2. The highest BCUT2D eigenvalue weighted by Crippen LogP contribution is 2.03. The normalized spacial score (nSPS) is 10.2. The van der Waals surface area contributed by atoms with E-state index in [1.165, 1.54) is 0 Å². The third-order valence-electron chi connectivity index (χ3n) is 2.80. The minimum absolute atomic E-state index is 0.675. The van der Waals surface area contributed by atoms with Gasteiger partial charge in [0, 0.05) is 32.0 Å². The molecule has 0 saturated heterocycles. The van der Waals surface area contributed by atoms with E-state index in [0.717, 1.165) is 31.5 Å². The fourth-order valence-corrected chi connectivity index (χ4v) is 1.86. The van der Waals surface area contributed by atoms with E-state index >= 15 is 0 Å². The van der Waals surface area contributed by atoms with Crippen LogP contribution in [0.3, 0.4) is 0 Å². The van der Waals surface area contributed by atoms with Crippen LogP contribution in [0.5, 0.6) is 0 Å². The summed E-state index contributed by atoms with van der Waals surface area (Å²) in [4.78, 5) is 16.8. The zero-order valence-corrected chi connectivity index (χ0v) is 10.3. The van der Waals surface area contributed by atoms with Crippen LogP contribution in [0.2, 0.25) is 0 Å². The van der Waals surface area contributed by atoms with Crippen LogP contribution in [0.1, 0.15) is 12.0 Å². The topological polar surface area (TPSA) is 38.1 Å². The van der Waals surface area contributed by atoms with Gasteiger partial charge in [-0.15, -0.1) is 0 Å². The fourth-order valence-electron chi connectivity index (χ4n) is 1.86. The van der Waals surface area contributed by atoms with Crippen molar-refractivity contribution in [2.24, 2.45) is 0 Å². The number of nitrogens with zero attached hydrogens (tertiary/aromatic N) is 3. The maximum Gasteiger partial charge on any atom is 0.210 e. The average Bonchev–Trinajstić information content (AvgIpc) is 2.92. The molecule has 0 spiro atoms. The first kappa shape index (κ1) is 12.4. The highest BCUT2D eigenvalue weighted by molar-refractivity contribution is 5.47. The number of amides is 1. The molecule has 0 unspecified atom stereocenters. The van der Waals surface area contributed by atoms with E-state index < -0.39 is 0 Å². The minimum Gasteiger partial charge on any atom is -0.341 e. The maximum absolute atomic E-state index is 11.0. The van der Waals surface area contributed by atoms with Crippen molar-refractivity contribution in [3.05, 3.63) is 54.6 Å². The van der Waals surface area contributed by atoms with Crippen LogP contribution in [-0.2, 0) is 17.9 Å². The molecule has 4 heteroatoms. The Morgan fingerprint density at radius 1 is 1.28 bits per heavy atom. The largest absolute Gasteiger partial charge is 0.341 e. The Hall–Kier alpha value is -2.10. The zero-order chi connectivity index (χ0) is 12.6. The Labute approximate surface area is 107 Å². The summed E-state index contributed by atoms with van der Waals surface area (Å²) in [6.07, 6.45) is 7.34. The van der Waals surface area contributed by atoms with Crippen LogP contribution in [0, 0.1) is 0 Å². The van der Waals surface area contributed by atoms with Gasteiger partial charge >= 0.3 is 0 Å². The number of carbonyl (C=O) groups excluding carboxylic acids is 1. The second-order valence-electron chi connectivity index (χ2n) is 4.22. The van der Waals surface area contributed by atoms with Crippen molar-refractivity contribution in [2.45, 2.75) is 19.5 Å². The summed E-state index contributed by atoms with van der Waals surface area (Å²) in [5, 5.41) is 0. The zero-order valence-electron chi connectivity index (χ0n) is 10.3. The van der Waals surface area contributed by atoms with Gasteiger partial charge in [-0.3, -0.25) is 4.79 Å². The van der Waals surface area contributed by atoms with Gasteiger partial charge in [0.2, 0.25) is 6.41 Å². The lowest BCUT2D eigenvalue weighted by Crippen LogP contribution is -2.23. The van der Waals surface area contributed by atoms with Gasteiger partial charge < -0.3 is 9.47 Å². The van der Waals surface area contributed by atoms with Gasteiger partial charge in [-0.25, -0.2) is 4.98 Å². The SMILES string of the molecule is O=CN(CCCn1ccnc1)Cc1ccccc1. The first-order valence-electron chi connectivity index (χ1n) is 6.07. The molecule has 0 aliphatic rings. The Bertz CT molecular complexity index is 453. The van der Waals surface area contributed by atoms with E-state index in [1.54, 1.807) is 17.4 Å². The molecule has 0 aliphatic heterocycles. The third kappa shape index (κ3) is 3.73. The molecule has 0 saturated carbocycles. The number of hydrogen-bond donors (Lipinski definition) is 0. The smallest absolute Gasteiger partial charge is 0.210 e. The molecule has 1 heterocycles. The lowest BCUT2D eigenvalue weighted by Gasteiger charge is -2.17. The molecule has 94 valence electrons. The molecule has 0 bridgehead atoms. The number of hydrogen-bond acceptors (Lipinski definition) is 2. The van der Waals surface area contributed by atoms with Crippen LogP contribution in [-0.4, -0.2) is 27.4 Å². The number of aryl methyl sites for hydroxylation is 1.